The van der Waals surface area contributed by atoms with Crippen LogP contribution in [0.25, 0.3) is 10.8 Å². The largest absolute Gasteiger partial charge is 0.348 e. The molecule has 1 heterocycles. The molecule has 2 aromatic carbocycles. The van der Waals surface area contributed by atoms with Gasteiger partial charge < -0.3 is 5.32 Å². The van der Waals surface area contributed by atoms with Crippen LogP contribution in [0.1, 0.15) is 18.5 Å². The second-order valence-corrected chi connectivity index (χ2v) is 5.39. The summed E-state index contributed by atoms with van der Waals surface area (Å²) in [5.41, 5.74) is 0.755. The average molecular weight is 307 g/mol. The molecular formula is C18H17N3O2. The van der Waals surface area contributed by atoms with Crippen molar-refractivity contribution in [3.63, 3.8) is 0 Å². The molecule has 116 valence electrons. The Morgan fingerprint density at radius 1 is 1.13 bits per heavy atom. The maximum Gasteiger partial charge on any atom is 0.275 e. The van der Waals surface area contributed by atoms with E-state index in [9.17, 15) is 9.59 Å². The van der Waals surface area contributed by atoms with Crippen molar-refractivity contribution in [3.8, 4) is 0 Å². The van der Waals surface area contributed by atoms with Crippen LogP contribution in [0.15, 0.2) is 65.6 Å². The molecule has 3 rings (SSSR count). The number of aromatic nitrogens is 2. The fraction of sp³-hybridized carbons (Fsp3) is 0.167. The first-order valence-electron chi connectivity index (χ1n) is 7.44. The highest BCUT2D eigenvalue weighted by Crippen LogP contribution is 2.11. The normalized spacial score (nSPS) is 12.0. The van der Waals surface area contributed by atoms with Gasteiger partial charge in [-0.25, -0.2) is 4.68 Å². The number of carbonyl (C=O) groups is 1. The Morgan fingerprint density at radius 3 is 2.61 bits per heavy atom. The van der Waals surface area contributed by atoms with Crippen LogP contribution in [0, 0.1) is 0 Å². The Balaban J connectivity index is 1.76. The van der Waals surface area contributed by atoms with Gasteiger partial charge in [0, 0.05) is 5.39 Å². The molecular weight excluding hydrogens is 290 g/mol. The highest BCUT2D eigenvalue weighted by Gasteiger charge is 2.12. The molecule has 0 spiro atoms. The zero-order valence-corrected chi connectivity index (χ0v) is 12.8. The third-order valence-electron chi connectivity index (χ3n) is 3.73. The minimum Gasteiger partial charge on any atom is -0.348 e. The van der Waals surface area contributed by atoms with Crippen LogP contribution >= 0.6 is 0 Å². The van der Waals surface area contributed by atoms with E-state index in [0.717, 1.165) is 10.9 Å². The molecule has 23 heavy (non-hydrogen) atoms. The first kappa shape index (κ1) is 15.0. The van der Waals surface area contributed by atoms with Crippen molar-refractivity contribution in [1.82, 2.24) is 15.1 Å². The lowest BCUT2D eigenvalue weighted by molar-refractivity contribution is -0.122. The summed E-state index contributed by atoms with van der Waals surface area (Å²) < 4.78 is 1.19. The van der Waals surface area contributed by atoms with Crippen molar-refractivity contribution in [3.05, 3.63) is 76.7 Å². The predicted octanol–water partition coefficient (Wildman–Crippen LogP) is 2.27. The number of benzene rings is 2. The number of hydrogen-bond donors (Lipinski definition) is 1. The van der Waals surface area contributed by atoms with E-state index in [1.807, 2.05) is 49.4 Å². The Morgan fingerprint density at radius 2 is 1.83 bits per heavy atom. The quantitative estimate of drug-likeness (QED) is 0.804. The van der Waals surface area contributed by atoms with Gasteiger partial charge in [-0.2, -0.15) is 5.10 Å². The second kappa shape index (κ2) is 6.44. The molecule has 0 aliphatic carbocycles. The summed E-state index contributed by atoms with van der Waals surface area (Å²) in [6.45, 7) is 1.81. The van der Waals surface area contributed by atoms with E-state index in [4.69, 9.17) is 0 Å². The lowest BCUT2D eigenvalue weighted by Gasteiger charge is -2.14. The zero-order chi connectivity index (χ0) is 16.2. The van der Waals surface area contributed by atoms with E-state index in [1.165, 1.54) is 4.68 Å². The van der Waals surface area contributed by atoms with E-state index in [1.54, 1.807) is 18.3 Å². The standard InChI is InChI=1S/C18H17N3O2/c1-13(14-7-3-2-4-8-14)20-17(22)12-21-18(23)16-10-6-5-9-15(16)11-19-21/h2-11,13H,12H2,1H3,(H,20,22)/t13-/m0/s1. The Kier molecular flexibility index (Phi) is 4.19. The number of amides is 1. The molecule has 0 saturated heterocycles. The molecule has 0 fully saturated rings. The van der Waals surface area contributed by atoms with Crippen molar-refractivity contribution in [2.24, 2.45) is 0 Å². The van der Waals surface area contributed by atoms with E-state index < -0.39 is 0 Å². The van der Waals surface area contributed by atoms with Crippen LogP contribution in [0.4, 0.5) is 0 Å². The molecule has 3 aromatic rings. The minimum atomic E-state index is -0.259. The van der Waals surface area contributed by atoms with Gasteiger partial charge in [0.05, 0.1) is 17.6 Å². The van der Waals surface area contributed by atoms with Crippen molar-refractivity contribution < 1.29 is 4.79 Å². The monoisotopic (exact) mass is 307 g/mol. The minimum absolute atomic E-state index is 0.0964. The Hall–Kier alpha value is -2.95. The van der Waals surface area contributed by atoms with Crippen LogP contribution in [-0.4, -0.2) is 15.7 Å². The summed E-state index contributed by atoms with van der Waals surface area (Å²) in [6, 6.07) is 16.8. The number of fused-ring (bicyclic) bond motifs is 1. The van der Waals surface area contributed by atoms with Gasteiger partial charge in [-0.3, -0.25) is 9.59 Å². The summed E-state index contributed by atoms with van der Waals surface area (Å²) in [5.74, 6) is -0.244. The van der Waals surface area contributed by atoms with Gasteiger partial charge >= 0.3 is 0 Å². The van der Waals surface area contributed by atoms with E-state index in [0.29, 0.717) is 5.39 Å². The summed E-state index contributed by atoms with van der Waals surface area (Å²) >= 11 is 0. The van der Waals surface area contributed by atoms with Crippen molar-refractivity contribution >= 4 is 16.7 Å². The molecule has 0 aliphatic heterocycles. The fourth-order valence-corrected chi connectivity index (χ4v) is 2.49. The van der Waals surface area contributed by atoms with Crippen molar-refractivity contribution in [2.75, 3.05) is 0 Å². The van der Waals surface area contributed by atoms with Gasteiger partial charge in [0.15, 0.2) is 0 Å². The van der Waals surface area contributed by atoms with Gasteiger partial charge in [-0.1, -0.05) is 48.5 Å². The SMILES string of the molecule is C[C@H](NC(=O)Cn1ncc2ccccc2c1=O)c1ccccc1. The highest BCUT2D eigenvalue weighted by molar-refractivity contribution is 5.81. The number of carbonyl (C=O) groups excluding carboxylic acids is 1. The smallest absolute Gasteiger partial charge is 0.275 e. The Bertz CT molecular complexity index is 887. The number of rotatable bonds is 4. The lowest BCUT2D eigenvalue weighted by Crippen LogP contribution is -2.34. The van der Waals surface area contributed by atoms with Gasteiger partial charge in [0.25, 0.3) is 5.56 Å². The first-order valence-corrected chi connectivity index (χ1v) is 7.44. The maximum absolute atomic E-state index is 12.3. The molecule has 0 aliphatic rings. The summed E-state index contributed by atoms with van der Waals surface area (Å²) in [4.78, 5) is 24.5. The molecule has 0 saturated carbocycles. The molecule has 5 nitrogen and oxygen atoms in total. The summed E-state index contributed by atoms with van der Waals surface area (Å²) in [7, 11) is 0. The lowest BCUT2D eigenvalue weighted by atomic mass is 10.1. The summed E-state index contributed by atoms with van der Waals surface area (Å²) in [5, 5.41) is 8.28. The van der Waals surface area contributed by atoms with Crippen molar-refractivity contribution in [2.45, 2.75) is 19.5 Å². The fourth-order valence-electron chi connectivity index (χ4n) is 2.49. The molecule has 0 radical (unpaired) electrons. The van der Waals surface area contributed by atoms with Crippen LogP contribution in [-0.2, 0) is 11.3 Å². The maximum atomic E-state index is 12.3. The second-order valence-electron chi connectivity index (χ2n) is 5.39. The molecule has 5 heteroatoms. The highest BCUT2D eigenvalue weighted by atomic mass is 16.2. The van der Waals surface area contributed by atoms with Crippen LogP contribution in [0.5, 0.6) is 0 Å². The van der Waals surface area contributed by atoms with E-state index >= 15 is 0 Å². The summed E-state index contributed by atoms with van der Waals surface area (Å²) in [6.07, 6.45) is 1.60. The van der Waals surface area contributed by atoms with Gasteiger partial charge in [0.1, 0.15) is 6.54 Å². The molecule has 1 aromatic heterocycles. The van der Waals surface area contributed by atoms with Gasteiger partial charge in [0.2, 0.25) is 5.91 Å². The predicted molar refractivity (Wildman–Crippen MR) is 89.0 cm³/mol. The van der Waals surface area contributed by atoms with Crippen LogP contribution in [0.2, 0.25) is 0 Å². The molecule has 1 amide bonds. The molecule has 0 unspecified atom stereocenters. The van der Waals surface area contributed by atoms with E-state index in [2.05, 4.69) is 10.4 Å². The third kappa shape index (κ3) is 3.29. The number of nitrogens with zero attached hydrogens (tertiary/aromatic N) is 2. The van der Waals surface area contributed by atoms with Crippen molar-refractivity contribution in [1.29, 1.82) is 0 Å². The van der Waals surface area contributed by atoms with Gasteiger partial charge in [-0.05, 0) is 18.6 Å². The van der Waals surface area contributed by atoms with Gasteiger partial charge in [-0.15, -0.1) is 0 Å². The third-order valence-corrected chi connectivity index (χ3v) is 3.73. The molecule has 1 N–H and O–H groups in total. The van der Waals surface area contributed by atoms with E-state index in [-0.39, 0.29) is 24.1 Å². The molecule has 1 atom stereocenters. The van der Waals surface area contributed by atoms with Crippen LogP contribution < -0.4 is 10.9 Å². The first-order chi connectivity index (χ1) is 11.1. The molecule has 0 bridgehead atoms. The average Bonchev–Trinajstić information content (AvgIpc) is 2.58. The number of nitrogens with one attached hydrogen (secondary N) is 1. The van der Waals surface area contributed by atoms with Crippen LogP contribution in [0.3, 0.4) is 0 Å². The number of hydrogen-bond acceptors (Lipinski definition) is 3. The zero-order valence-electron chi connectivity index (χ0n) is 12.8. The Labute approximate surface area is 133 Å². The topological polar surface area (TPSA) is 64.0 Å².